The van der Waals surface area contributed by atoms with Crippen LogP contribution in [0.3, 0.4) is 0 Å². The molecule has 1 fully saturated rings. The summed E-state index contributed by atoms with van der Waals surface area (Å²) in [6, 6.07) is 13.1. The van der Waals surface area contributed by atoms with E-state index in [1.807, 2.05) is 19.1 Å². The van der Waals surface area contributed by atoms with Gasteiger partial charge in [0.15, 0.2) is 6.61 Å². The SMILES string of the molecule is Cc1ccc(OCC(=O)N(Cc2ccccc2F)[C@H](C)C(=O)NC2CCCCC2)cc1. The molecular formula is C25H31FN2O3. The minimum atomic E-state index is -0.740. The molecule has 5 nitrogen and oxygen atoms in total. The largest absolute Gasteiger partial charge is 0.484 e. The molecule has 0 aliphatic heterocycles. The zero-order valence-electron chi connectivity index (χ0n) is 18.3. The fourth-order valence-corrected chi connectivity index (χ4v) is 3.82. The van der Waals surface area contributed by atoms with Gasteiger partial charge in [-0.05, 0) is 44.9 Å². The van der Waals surface area contributed by atoms with Gasteiger partial charge in [0.05, 0.1) is 0 Å². The first-order chi connectivity index (χ1) is 14.9. The molecule has 1 aliphatic carbocycles. The van der Waals surface area contributed by atoms with E-state index in [1.165, 1.54) is 17.4 Å². The van der Waals surface area contributed by atoms with Crippen molar-refractivity contribution in [3.05, 3.63) is 65.5 Å². The zero-order chi connectivity index (χ0) is 22.2. The van der Waals surface area contributed by atoms with Gasteiger partial charge in [0.25, 0.3) is 5.91 Å². The minimum absolute atomic E-state index is 0.00200. The van der Waals surface area contributed by atoms with Gasteiger partial charge in [-0.2, -0.15) is 0 Å². The first kappa shape index (κ1) is 22.8. The van der Waals surface area contributed by atoms with Crippen molar-refractivity contribution >= 4 is 11.8 Å². The monoisotopic (exact) mass is 426 g/mol. The lowest BCUT2D eigenvalue weighted by Gasteiger charge is -2.31. The molecule has 31 heavy (non-hydrogen) atoms. The van der Waals surface area contributed by atoms with Crippen molar-refractivity contribution in [3.63, 3.8) is 0 Å². The summed E-state index contributed by atoms with van der Waals surface area (Å²) in [5.74, 6) is -0.411. The molecule has 6 heteroatoms. The van der Waals surface area contributed by atoms with Gasteiger partial charge in [-0.1, -0.05) is 55.2 Å². The summed E-state index contributed by atoms with van der Waals surface area (Å²) in [6.07, 6.45) is 5.30. The molecule has 166 valence electrons. The maximum absolute atomic E-state index is 14.3. The number of hydrogen-bond donors (Lipinski definition) is 1. The lowest BCUT2D eigenvalue weighted by Crippen LogP contribution is -2.51. The lowest BCUT2D eigenvalue weighted by atomic mass is 9.95. The van der Waals surface area contributed by atoms with Crippen LogP contribution >= 0.6 is 0 Å². The minimum Gasteiger partial charge on any atom is -0.484 e. The standard InChI is InChI=1S/C25H31FN2O3/c1-18-12-14-22(15-13-18)31-17-24(29)28(16-20-8-6-7-11-23(20)26)19(2)25(30)27-21-9-4-3-5-10-21/h6-8,11-15,19,21H,3-5,9-10,16-17H2,1-2H3,(H,27,30)/t19-/m1/s1. The van der Waals surface area contributed by atoms with E-state index in [2.05, 4.69) is 5.32 Å². The van der Waals surface area contributed by atoms with Crippen molar-refractivity contribution in [2.45, 2.75) is 64.6 Å². The van der Waals surface area contributed by atoms with Crippen LogP contribution in [0.5, 0.6) is 5.75 Å². The highest BCUT2D eigenvalue weighted by Crippen LogP contribution is 2.19. The normalized spacial score (nSPS) is 15.2. The van der Waals surface area contributed by atoms with Gasteiger partial charge < -0.3 is 15.0 Å². The highest BCUT2D eigenvalue weighted by Gasteiger charge is 2.29. The molecule has 0 bridgehead atoms. The van der Waals surface area contributed by atoms with Crippen LogP contribution in [0.25, 0.3) is 0 Å². The maximum Gasteiger partial charge on any atom is 0.261 e. The third kappa shape index (κ3) is 6.54. The smallest absolute Gasteiger partial charge is 0.261 e. The van der Waals surface area contributed by atoms with Gasteiger partial charge in [0.1, 0.15) is 17.6 Å². The van der Waals surface area contributed by atoms with Gasteiger partial charge in [0, 0.05) is 18.2 Å². The highest BCUT2D eigenvalue weighted by molar-refractivity contribution is 5.88. The number of carbonyl (C=O) groups is 2. The van der Waals surface area contributed by atoms with Gasteiger partial charge in [-0.3, -0.25) is 9.59 Å². The molecule has 0 saturated heterocycles. The average molecular weight is 427 g/mol. The molecule has 0 heterocycles. The molecule has 2 aromatic rings. The fourth-order valence-electron chi connectivity index (χ4n) is 3.82. The van der Waals surface area contributed by atoms with Gasteiger partial charge >= 0.3 is 0 Å². The summed E-state index contributed by atoms with van der Waals surface area (Å²) in [5, 5.41) is 3.07. The first-order valence-corrected chi connectivity index (χ1v) is 11.0. The second-order valence-corrected chi connectivity index (χ2v) is 8.23. The average Bonchev–Trinajstić information content (AvgIpc) is 2.78. The van der Waals surface area contributed by atoms with Gasteiger partial charge in [-0.15, -0.1) is 0 Å². The Balaban J connectivity index is 1.71. The van der Waals surface area contributed by atoms with E-state index in [0.717, 1.165) is 31.2 Å². The predicted octanol–water partition coefficient (Wildman–Crippen LogP) is 4.38. The van der Waals surface area contributed by atoms with Crippen LogP contribution < -0.4 is 10.1 Å². The molecule has 0 unspecified atom stereocenters. The van der Waals surface area contributed by atoms with E-state index in [4.69, 9.17) is 4.74 Å². The number of amides is 2. The third-order valence-electron chi connectivity index (χ3n) is 5.80. The van der Waals surface area contributed by atoms with Crippen LogP contribution in [0.4, 0.5) is 4.39 Å². The van der Waals surface area contributed by atoms with Crippen molar-refractivity contribution < 1.29 is 18.7 Å². The van der Waals surface area contributed by atoms with E-state index in [-0.39, 0.29) is 31.0 Å². The molecule has 1 aliphatic rings. The zero-order valence-corrected chi connectivity index (χ0v) is 18.3. The molecule has 1 saturated carbocycles. The molecule has 3 rings (SSSR count). The molecular weight excluding hydrogens is 395 g/mol. The van der Waals surface area contributed by atoms with Crippen LogP contribution in [-0.2, 0) is 16.1 Å². The van der Waals surface area contributed by atoms with Crippen LogP contribution in [-0.4, -0.2) is 35.4 Å². The summed E-state index contributed by atoms with van der Waals surface area (Å²) >= 11 is 0. The molecule has 2 amide bonds. The van der Waals surface area contributed by atoms with Crippen LogP contribution in [0.2, 0.25) is 0 Å². The number of carbonyl (C=O) groups excluding carboxylic acids is 2. The van der Waals surface area contributed by atoms with Crippen LogP contribution in [0, 0.1) is 12.7 Å². The fraction of sp³-hybridized carbons (Fsp3) is 0.440. The molecule has 0 spiro atoms. The Morgan fingerprint density at radius 3 is 2.45 bits per heavy atom. The maximum atomic E-state index is 14.3. The molecule has 1 N–H and O–H groups in total. The van der Waals surface area contributed by atoms with Crippen LogP contribution in [0.15, 0.2) is 48.5 Å². The van der Waals surface area contributed by atoms with Crippen molar-refractivity contribution in [3.8, 4) is 5.75 Å². The van der Waals surface area contributed by atoms with Crippen molar-refractivity contribution in [1.82, 2.24) is 10.2 Å². The number of hydrogen-bond acceptors (Lipinski definition) is 3. The molecule has 0 aromatic heterocycles. The molecule has 0 radical (unpaired) electrons. The van der Waals surface area contributed by atoms with E-state index >= 15 is 0 Å². The topological polar surface area (TPSA) is 58.6 Å². The molecule has 2 aromatic carbocycles. The van der Waals surface area contributed by atoms with Gasteiger partial charge in [0.2, 0.25) is 5.91 Å². The van der Waals surface area contributed by atoms with E-state index in [1.54, 1.807) is 37.3 Å². The van der Waals surface area contributed by atoms with Crippen molar-refractivity contribution in [2.24, 2.45) is 0 Å². The van der Waals surface area contributed by atoms with Gasteiger partial charge in [-0.25, -0.2) is 4.39 Å². The van der Waals surface area contributed by atoms with Crippen LogP contribution in [0.1, 0.15) is 50.2 Å². The summed E-state index contributed by atoms with van der Waals surface area (Å²) in [4.78, 5) is 27.3. The van der Waals surface area contributed by atoms with Crippen molar-refractivity contribution in [2.75, 3.05) is 6.61 Å². The second kappa shape index (κ2) is 10.9. The lowest BCUT2D eigenvalue weighted by molar-refractivity contribution is -0.142. The Morgan fingerprint density at radius 2 is 1.77 bits per heavy atom. The summed E-state index contributed by atoms with van der Waals surface area (Å²) in [5.41, 5.74) is 1.45. The third-order valence-corrected chi connectivity index (χ3v) is 5.80. The van der Waals surface area contributed by atoms with E-state index < -0.39 is 11.9 Å². The first-order valence-electron chi connectivity index (χ1n) is 11.0. The number of ether oxygens (including phenoxy) is 1. The summed E-state index contributed by atoms with van der Waals surface area (Å²) in [6.45, 7) is 3.43. The Morgan fingerprint density at radius 1 is 1.10 bits per heavy atom. The summed E-state index contributed by atoms with van der Waals surface area (Å²) in [7, 11) is 0. The number of nitrogens with zero attached hydrogens (tertiary/aromatic N) is 1. The number of benzene rings is 2. The second-order valence-electron chi connectivity index (χ2n) is 8.23. The van der Waals surface area contributed by atoms with Crippen molar-refractivity contribution in [1.29, 1.82) is 0 Å². The van der Waals surface area contributed by atoms with E-state index in [9.17, 15) is 14.0 Å². The summed E-state index contributed by atoms with van der Waals surface area (Å²) < 4.78 is 19.9. The van der Waals surface area contributed by atoms with E-state index in [0.29, 0.717) is 11.3 Å². The molecule has 1 atom stereocenters. The number of halogens is 1. The Labute approximate surface area is 183 Å². The Kier molecular flexibility index (Phi) is 8.04. The predicted molar refractivity (Wildman–Crippen MR) is 118 cm³/mol. The number of rotatable bonds is 8. The number of aryl methyl sites for hydroxylation is 1. The Hall–Kier alpha value is -2.89. The quantitative estimate of drug-likeness (QED) is 0.682. The highest BCUT2D eigenvalue weighted by atomic mass is 19.1. The Bertz CT molecular complexity index is 879. The number of nitrogens with one attached hydrogen (secondary N) is 1.